The van der Waals surface area contributed by atoms with Gasteiger partial charge in [0, 0.05) is 12.2 Å². The van der Waals surface area contributed by atoms with E-state index < -0.39 is 11.9 Å². The van der Waals surface area contributed by atoms with E-state index in [1.807, 2.05) is 6.92 Å². The van der Waals surface area contributed by atoms with E-state index in [2.05, 4.69) is 4.98 Å². The average Bonchev–Trinajstić information content (AvgIpc) is 2.78. The first-order valence-corrected chi connectivity index (χ1v) is 6.98. The summed E-state index contributed by atoms with van der Waals surface area (Å²) in [6.45, 7) is 3.32. The van der Waals surface area contributed by atoms with Gasteiger partial charge in [-0.3, -0.25) is 14.0 Å². The van der Waals surface area contributed by atoms with Crippen molar-refractivity contribution < 1.29 is 14.7 Å². The van der Waals surface area contributed by atoms with Gasteiger partial charge in [0.2, 0.25) is 0 Å². The molecule has 0 radical (unpaired) electrons. The molecule has 0 saturated carbocycles. The lowest BCUT2D eigenvalue weighted by Crippen LogP contribution is -2.42. The Kier molecular flexibility index (Phi) is 4.47. The van der Waals surface area contributed by atoms with Crippen LogP contribution in [-0.2, 0) is 4.79 Å². The third-order valence-corrected chi connectivity index (χ3v) is 3.64. The number of carboxylic acid groups (broad SMARTS) is 1. The number of hydrogen-bond acceptors (Lipinski definition) is 3. The van der Waals surface area contributed by atoms with E-state index in [4.69, 9.17) is 16.7 Å². The van der Waals surface area contributed by atoms with E-state index in [9.17, 15) is 9.59 Å². The average molecular weight is 310 g/mol. The van der Waals surface area contributed by atoms with E-state index in [-0.39, 0.29) is 23.4 Å². The van der Waals surface area contributed by atoms with Crippen molar-refractivity contribution in [3.8, 4) is 0 Å². The number of aromatic nitrogens is 2. The van der Waals surface area contributed by atoms with Crippen LogP contribution in [0.1, 0.15) is 30.8 Å². The molecule has 0 aliphatic heterocycles. The Balaban J connectivity index is 2.47. The summed E-state index contributed by atoms with van der Waals surface area (Å²) in [5, 5.41) is 9.08. The predicted octanol–water partition coefficient (Wildman–Crippen LogP) is 2.31. The predicted molar refractivity (Wildman–Crippen MR) is 78.6 cm³/mol. The Labute approximate surface area is 127 Å². The van der Waals surface area contributed by atoms with Gasteiger partial charge in [-0.2, -0.15) is 0 Å². The molecule has 1 unspecified atom stereocenters. The van der Waals surface area contributed by atoms with E-state index in [0.717, 1.165) is 0 Å². The first kappa shape index (κ1) is 15.3. The van der Waals surface area contributed by atoms with Crippen molar-refractivity contribution in [1.29, 1.82) is 0 Å². The SMILES string of the molecule is CCC(C)N(CC(=O)O)C(=O)c1c(Cl)nc2ccccn12. The second-order valence-corrected chi connectivity index (χ2v) is 5.12. The van der Waals surface area contributed by atoms with Gasteiger partial charge in [0.15, 0.2) is 10.8 Å². The summed E-state index contributed by atoms with van der Waals surface area (Å²) in [4.78, 5) is 29.1. The van der Waals surface area contributed by atoms with Crippen molar-refractivity contribution in [2.45, 2.75) is 26.3 Å². The summed E-state index contributed by atoms with van der Waals surface area (Å²) in [6.07, 6.45) is 2.32. The third-order valence-electron chi connectivity index (χ3n) is 3.38. The van der Waals surface area contributed by atoms with Crippen molar-refractivity contribution >= 4 is 29.1 Å². The van der Waals surface area contributed by atoms with Gasteiger partial charge in [-0.05, 0) is 25.5 Å². The summed E-state index contributed by atoms with van der Waals surface area (Å²) < 4.78 is 1.57. The molecule has 1 amide bonds. The fourth-order valence-electron chi connectivity index (χ4n) is 2.09. The van der Waals surface area contributed by atoms with E-state index in [1.54, 1.807) is 35.7 Å². The summed E-state index contributed by atoms with van der Waals surface area (Å²) >= 11 is 6.06. The highest BCUT2D eigenvalue weighted by molar-refractivity contribution is 6.32. The maximum atomic E-state index is 12.7. The highest BCUT2D eigenvalue weighted by atomic mass is 35.5. The number of imidazole rings is 1. The molecular formula is C14H16ClN3O3. The molecule has 0 aromatic carbocycles. The minimum absolute atomic E-state index is 0.0740. The molecule has 0 bridgehead atoms. The van der Waals surface area contributed by atoms with Crippen molar-refractivity contribution in [3.05, 3.63) is 35.2 Å². The number of rotatable bonds is 5. The van der Waals surface area contributed by atoms with Gasteiger partial charge in [0.25, 0.3) is 5.91 Å². The summed E-state index contributed by atoms with van der Waals surface area (Å²) in [7, 11) is 0. The Morgan fingerprint density at radius 2 is 2.19 bits per heavy atom. The van der Waals surface area contributed by atoms with Gasteiger partial charge in [0.05, 0.1) is 0 Å². The number of fused-ring (bicyclic) bond motifs is 1. The molecular weight excluding hydrogens is 294 g/mol. The molecule has 0 aliphatic rings. The minimum atomic E-state index is -1.06. The first-order valence-electron chi connectivity index (χ1n) is 6.61. The Morgan fingerprint density at radius 1 is 1.48 bits per heavy atom. The van der Waals surface area contributed by atoms with Gasteiger partial charge in [-0.1, -0.05) is 24.6 Å². The zero-order valence-corrected chi connectivity index (χ0v) is 12.5. The highest BCUT2D eigenvalue weighted by Crippen LogP contribution is 2.21. The zero-order chi connectivity index (χ0) is 15.6. The normalized spacial score (nSPS) is 12.3. The number of pyridine rings is 1. The molecule has 6 nitrogen and oxygen atoms in total. The van der Waals surface area contributed by atoms with Crippen LogP contribution in [0.25, 0.3) is 5.65 Å². The summed E-state index contributed by atoms with van der Waals surface area (Å²) in [6, 6.07) is 5.07. The van der Waals surface area contributed by atoms with E-state index in [0.29, 0.717) is 12.1 Å². The lowest BCUT2D eigenvalue weighted by Gasteiger charge is -2.26. The standard InChI is InChI=1S/C14H16ClN3O3/c1-3-9(2)18(8-11(19)20)14(21)12-13(15)16-10-6-4-5-7-17(10)12/h4-7,9H,3,8H2,1-2H3,(H,19,20). The van der Waals surface area contributed by atoms with Gasteiger partial charge < -0.3 is 10.0 Å². The van der Waals surface area contributed by atoms with Crippen LogP contribution in [0, 0.1) is 0 Å². The number of halogens is 1. The van der Waals surface area contributed by atoms with Crippen molar-refractivity contribution in [2.75, 3.05) is 6.54 Å². The van der Waals surface area contributed by atoms with Crippen LogP contribution in [0.15, 0.2) is 24.4 Å². The van der Waals surface area contributed by atoms with Crippen LogP contribution >= 0.6 is 11.6 Å². The lowest BCUT2D eigenvalue weighted by molar-refractivity contribution is -0.138. The fourth-order valence-corrected chi connectivity index (χ4v) is 2.35. The number of carboxylic acids is 1. The van der Waals surface area contributed by atoms with Gasteiger partial charge in [-0.25, -0.2) is 4.98 Å². The van der Waals surface area contributed by atoms with Gasteiger partial charge in [-0.15, -0.1) is 0 Å². The lowest BCUT2D eigenvalue weighted by atomic mass is 10.2. The van der Waals surface area contributed by atoms with Gasteiger partial charge in [0.1, 0.15) is 12.2 Å². The number of amides is 1. The molecule has 2 rings (SSSR count). The van der Waals surface area contributed by atoms with Crippen LogP contribution in [0.2, 0.25) is 5.15 Å². The largest absolute Gasteiger partial charge is 0.480 e. The maximum absolute atomic E-state index is 12.7. The Hall–Kier alpha value is -2.08. The molecule has 2 heterocycles. The number of hydrogen-bond donors (Lipinski definition) is 1. The molecule has 0 saturated heterocycles. The Morgan fingerprint density at radius 3 is 2.81 bits per heavy atom. The van der Waals surface area contributed by atoms with Crippen LogP contribution in [-0.4, -0.2) is 43.9 Å². The molecule has 2 aromatic heterocycles. The quantitative estimate of drug-likeness (QED) is 0.919. The van der Waals surface area contributed by atoms with Crippen LogP contribution in [0.3, 0.4) is 0 Å². The molecule has 7 heteroatoms. The number of carbonyl (C=O) groups is 2. The fraction of sp³-hybridized carbons (Fsp3) is 0.357. The van der Waals surface area contributed by atoms with Crippen molar-refractivity contribution in [1.82, 2.24) is 14.3 Å². The summed E-state index contributed by atoms with van der Waals surface area (Å²) in [5.74, 6) is -1.50. The number of carbonyl (C=O) groups excluding carboxylic acids is 1. The molecule has 1 atom stereocenters. The maximum Gasteiger partial charge on any atom is 0.323 e. The van der Waals surface area contributed by atoms with Crippen LogP contribution in [0.4, 0.5) is 0 Å². The Bertz CT molecular complexity index is 683. The second kappa shape index (κ2) is 6.13. The molecule has 0 aliphatic carbocycles. The van der Waals surface area contributed by atoms with Crippen molar-refractivity contribution in [2.24, 2.45) is 0 Å². The topological polar surface area (TPSA) is 74.9 Å². The smallest absolute Gasteiger partial charge is 0.323 e. The van der Waals surface area contributed by atoms with Crippen LogP contribution in [0.5, 0.6) is 0 Å². The van der Waals surface area contributed by atoms with Crippen molar-refractivity contribution in [3.63, 3.8) is 0 Å². The number of aliphatic carboxylic acids is 1. The molecule has 112 valence electrons. The molecule has 2 aromatic rings. The van der Waals surface area contributed by atoms with E-state index in [1.165, 1.54) is 4.90 Å². The zero-order valence-electron chi connectivity index (χ0n) is 11.8. The third kappa shape index (κ3) is 3.00. The molecule has 1 N–H and O–H groups in total. The van der Waals surface area contributed by atoms with Crippen LogP contribution < -0.4 is 0 Å². The molecule has 21 heavy (non-hydrogen) atoms. The monoisotopic (exact) mass is 309 g/mol. The van der Waals surface area contributed by atoms with Gasteiger partial charge >= 0.3 is 5.97 Å². The minimum Gasteiger partial charge on any atom is -0.480 e. The second-order valence-electron chi connectivity index (χ2n) is 4.76. The summed E-state index contributed by atoms with van der Waals surface area (Å²) in [5.41, 5.74) is 0.735. The molecule has 0 fully saturated rings. The first-order chi connectivity index (χ1) is 9.95. The highest BCUT2D eigenvalue weighted by Gasteiger charge is 2.27. The number of nitrogens with zero attached hydrogens (tertiary/aromatic N) is 3. The molecule has 0 spiro atoms. The van der Waals surface area contributed by atoms with E-state index >= 15 is 0 Å².